The summed E-state index contributed by atoms with van der Waals surface area (Å²) in [5.74, 6) is 0.597. The SMILES string of the molecule is COc1ccc([C@H](C)NC(=O)C(C)C(C)N)cc1. The van der Waals surface area contributed by atoms with Crippen molar-refractivity contribution in [2.75, 3.05) is 7.11 Å². The molecule has 0 saturated carbocycles. The first-order valence-corrected chi connectivity index (χ1v) is 6.15. The first-order chi connectivity index (χ1) is 8.45. The lowest BCUT2D eigenvalue weighted by Crippen LogP contribution is -2.39. The van der Waals surface area contributed by atoms with E-state index in [1.165, 1.54) is 0 Å². The van der Waals surface area contributed by atoms with Crippen molar-refractivity contribution in [2.45, 2.75) is 32.9 Å². The maximum atomic E-state index is 11.9. The topological polar surface area (TPSA) is 64.3 Å². The van der Waals surface area contributed by atoms with Crippen LogP contribution >= 0.6 is 0 Å². The van der Waals surface area contributed by atoms with Gasteiger partial charge in [-0.2, -0.15) is 0 Å². The van der Waals surface area contributed by atoms with Crippen molar-refractivity contribution < 1.29 is 9.53 Å². The Balaban J connectivity index is 2.64. The van der Waals surface area contributed by atoms with Gasteiger partial charge in [0.25, 0.3) is 0 Å². The highest BCUT2D eigenvalue weighted by atomic mass is 16.5. The highest BCUT2D eigenvalue weighted by Crippen LogP contribution is 2.17. The van der Waals surface area contributed by atoms with E-state index >= 15 is 0 Å². The first kappa shape index (κ1) is 14.5. The van der Waals surface area contributed by atoms with Crippen LogP contribution in [0.4, 0.5) is 0 Å². The molecule has 0 aliphatic rings. The van der Waals surface area contributed by atoms with Gasteiger partial charge in [-0.3, -0.25) is 4.79 Å². The van der Waals surface area contributed by atoms with E-state index in [1.807, 2.05) is 45.0 Å². The van der Waals surface area contributed by atoms with Gasteiger partial charge in [0.05, 0.1) is 13.2 Å². The van der Waals surface area contributed by atoms with Crippen LogP contribution in [0.2, 0.25) is 0 Å². The minimum atomic E-state index is -0.189. The number of hydrogen-bond acceptors (Lipinski definition) is 3. The van der Waals surface area contributed by atoms with E-state index in [0.717, 1.165) is 11.3 Å². The molecule has 0 aromatic heterocycles. The second-order valence-corrected chi connectivity index (χ2v) is 4.65. The Hall–Kier alpha value is -1.55. The summed E-state index contributed by atoms with van der Waals surface area (Å²) < 4.78 is 5.10. The third kappa shape index (κ3) is 3.74. The molecule has 4 heteroatoms. The second kappa shape index (κ2) is 6.40. The monoisotopic (exact) mass is 250 g/mol. The third-order valence-corrected chi connectivity index (χ3v) is 3.18. The van der Waals surface area contributed by atoms with E-state index in [1.54, 1.807) is 7.11 Å². The highest BCUT2D eigenvalue weighted by molar-refractivity contribution is 5.79. The van der Waals surface area contributed by atoms with E-state index in [0.29, 0.717) is 0 Å². The van der Waals surface area contributed by atoms with Crippen LogP contribution in [-0.2, 0) is 4.79 Å². The molecule has 1 rings (SSSR count). The van der Waals surface area contributed by atoms with Crippen LogP contribution in [0.15, 0.2) is 24.3 Å². The zero-order valence-electron chi connectivity index (χ0n) is 11.4. The Morgan fingerprint density at radius 2 is 1.78 bits per heavy atom. The molecule has 0 bridgehead atoms. The van der Waals surface area contributed by atoms with Crippen LogP contribution < -0.4 is 15.8 Å². The number of carbonyl (C=O) groups excluding carboxylic acids is 1. The molecule has 1 amide bonds. The quantitative estimate of drug-likeness (QED) is 0.838. The number of benzene rings is 1. The summed E-state index contributed by atoms with van der Waals surface area (Å²) in [7, 11) is 1.63. The van der Waals surface area contributed by atoms with Gasteiger partial charge in [-0.05, 0) is 31.5 Å². The summed E-state index contributed by atoms with van der Waals surface area (Å²) in [6, 6.07) is 7.47. The van der Waals surface area contributed by atoms with E-state index in [9.17, 15) is 4.79 Å². The van der Waals surface area contributed by atoms with Gasteiger partial charge in [0.2, 0.25) is 5.91 Å². The molecule has 0 heterocycles. The van der Waals surface area contributed by atoms with Crippen molar-refractivity contribution in [3.8, 4) is 5.75 Å². The molecular formula is C14H22N2O2. The molecule has 3 atom stereocenters. The number of methoxy groups -OCH3 is 1. The molecule has 0 aliphatic heterocycles. The molecule has 2 unspecified atom stereocenters. The molecule has 4 nitrogen and oxygen atoms in total. The average Bonchev–Trinajstić information content (AvgIpc) is 2.37. The average molecular weight is 250 g/mol. The minimum absolute atomic E-state index is 0.0201. The number of hydrogen-bond donors (Lipinski definition) is 2. The molecule has 1 aromatic carbocycles. The maximum absolute atomic E-state index is 11.9. The van der Waals surface area contributed by atoms with Crippen LogP contribution in [0.25, 0.3) is 0 Å². The van der Waals surface area contributed by atoms with Crippen molar-refractivity contribution in [3.63, 3.8) is 0 Å². The van der Waals surface area contributed by atoms with Crippen molar-refractivity contribution in [1.29, 1.82) is 0 Å². The van der Waals surface area contributed by atoms with Gasteiger partial charge in [-0.15, -0.1) is 0 Å². The first-order valence-electron chi connectivity index (χ1n) is 6.15. The van der Waals surface area contributed by atoms with E-state index in [-0.39, 0.29) is 23.9 Å². The Bertz CT molecular complexity index is 387. The van der Waals surface area contributed by atoms with Gasteiger partial charge in [-0.1, -0.05) is 19.1 Å². The third-order valence-electron chi connectivity index (χ3n) is 3.18. The van der Waals surface area contributed by atoms with Gasteiger partial charge < -0.3 is 15.8 Å². The van der Waals surface area contributed by atoms with Gasteiger partial charge >= 0.3 is 0 Å². The van der Waals surface area contributed by atoms with Gasteiger partial charge in [0, 0.05) is 12.0 Å². The van der Waals surface area contributed by atoms with Crippen molar-refractivity contribution in [2.24, 2.45) is 11.7 Å². The normalized spacial score (nSPS) is 15.6. The molecule has 0 radical (unpaired) electrons. The molecule has 0 spiro atoms. The standard InChI is InChI=1S/C14H22N2O2/c1-9(10(2)15)14(17)16-11(3)12-5-7-13(18-4)8-6-12/h5-11H,15H2,1-4H3,(H,16,17)/t9?,10?,11-/m0/s1. The largest absolute Gasteiger partial charge is 0.497 e. The Kier molecular flexibility index (Phi) is 5.16. The highest BCUT2D eigenvalue weighted by Gasteiger charge is 2.19. The maximum Gasteiger partial charge on any atom is 0.224 e. The Labute approximate surface area is 109 Å². The minimum Gasteiger partial charge on any atom is -0.497 e. The van der Waals surface area contributed by atoms with E-state index in [4.69, 9.17) is 10.5 Å². The zero-order chi connectivity index (χ0) is 13.7. The molecule has 0 fully saturated rings. The lowest BCUT2D eigenvalue weighted by Gasteiger charge is -2.20. The van der Waals surface area contributed by atoms with E-state index in [2.05, 4.69) is 5.32 Å². The molecular weight excluding hydrogens is 228 g/mol. The molecule has 0 saturated heterocycles. The number of nitrogens with one attached hydrogen (secondary N) is 1. The smallest absolute Gasteiger partial charge is 0.224 e. The number of carbonyl (C=O) groups is 1. The lowest BCUT2D eigenvalue weighted by atomic mass is 10.0. The van der Waals surface area contributed by atoms with Crippen LogP contribution in [-0.4, -0.2) is 19.1 Å². The molecule has 1 aromatic rings. The fraction of sp³-hybridized carbons (Fsp3) is 0.500. The van der Waals surface area contributed by atoms with Crippen LogP contribution in [0.5, 0.6) is 5.75 Å². The molecule has 18 heavy (non-hydrogen) atoms. The van der Waals surface area contributed by atoms with Gasteiger partial charge in [0.15, 0.2) is 0 Å². The zero-order valence-corrected chi connectivity index (χ0v) is 11.4. The Morgan fingerprint density at radius 1 is 1.22 bits per heavy atom. The van der Waals surface area contributed by atoms with E-state index < -0.39 is 0 Å². The van der Waals surface area contributed by atoms with Crippen molar-refractivity contribution in [3.05, 3.63) is 29.8 Å². The second-order valence-electron chi connectivity index (χ2n) is 4.65. The Morgan fingerprint density at radius 3 is 2.22 bits per heavy atom. The molecule has 0 aliphatic carbocycles. The number of ether oxygens (including phenoxy) is 1. The summed E-state index contributed by atoms with van der Waals surface area (Å²) in [5.41, 5.74) is 6.75. The number of nitrogens with two attached hydrogens (primary N) is 1. The van der Waals surface area contributed by atoms with Crippen LogP contribution in [0, 0.1) is 5.92 Å². The number of amides is 1. The van der Waals surface area contributed by atoms with Crippen molar-refractivity contribution in [1.82, 2.24) is 5.32 Å². The van der Waals surface area contributed by atoms with Crippen LogP contribution in [0.1, 0.15) is 32.4 Å². The summed E-state index contributed by atoms with van der Waals surface area (Å²) in [6.45, 7) is 5.62. The van der Waals surface area contributed by atoms with Crippen molar-refractivity contribution >= 4 is 5.91 Å². The number of rotatable bonds is 5. The van der Waals surface area contributed by atoms with Crippen LogP contribution in [0.3, 0.4) is 0 Å². The predicted molar refractivity (Wildman–Crippen MR) is 72.4 cm³/mol. The molecule has 100 valence electrons. The van der Waals surface area contributed by atoms with Gasteiger partial charge in [0.1, 0.15) is 5.75 Å². The fourth-order valence-corrected chi connectivity index (χ4v) is 1.56. The summed E-state index contributed by atoms with van der Waals surface area (Å²) >= 11 is 0. The van der Waals surface area contributed by atoms with Gasteiger partial charge in [-0.25, -0.2) is 0 Å². The summed E-state index contributed by atoms with van der Waals surface area (Å²) in [5, 5.41) is 2.95. The predicted octanol–water partition coefficient (Wildman–Crippen LogP) is 1.86. The molecule has 3 N–H and O–H groups in total. The fourth-order valence-electron chi connectivity index (χ4n) is 1.56. The summed E-state index contributed by atoms with van der Waals surface area (Å²) in [4.78, 5) is 11.9. The summed E-state index contributed by atoms with van der Waals surface area (Å²) in [6.07, 6.45) is 0. The lowest BCUT2D eigenvalue weighted by molar-refractivity contribution is -0.125.